The van der Waals surface area contributed by atoms with Crippen molar-refractivity contribution in [1.29, 1.82) is 0 Å². The van der Waals surface area contributed by atoms with E-state index < -0.39 is 0 Å². The summed E-state index contributed by atoms with van der Waals surface area (Å²) in [4.78, 5) is 4.29. The van der Waals surface area contributed by atoms with Crippen molar-refractivity contribution in [2.75, 3.05) is 5.32 Å². The Morgan fingerprint density at radius 2 is 1.90 bits per heavy atom. The number of rotatable bonds is 4. The third-order valence-electron chi connectivity index (χ3n) is 3.15. The van der Waals surface area contributed by atoms with Gasteiger partial charge in [0.05, 0.1) is 5.69 Å². The molecule has 0 aliphatic heterocycles. The lowest BCUT2D eigenvalue weighted by molar-refractivity contribution is 1.09. The Kier molecular flexibility index (Phi) is 3.46. The number of H-pyrrole nitrogens is 1. The van der Waals surface area contributed by atoms with Gasteiger partial charge in [0.15, 0.2) is 0 Å². The summed E-state index contributed by atoms with van der Waals surface area (Å²) in [6, 6.07) is 14.4. The van der Waals surface area contributed by atoms with E-state index >= 15 is 0 Å². The van der Waals surface area contributed by atoms with E-state index in [9.17, 15) is 0 Å². The summed E-state index contributed by atoms with van der Waals surface area (Å²) < 4.78 is 0. The van der Waals surface area contributed by atoms with E-state index in [-0.39, 0.29) is 0 Å². The molecule has 0 saturated heterocycles. The maximum absolute atomic E-state index is 4.29. The number of pyridine rings is 1. The average molecular weight is 264 g/mol. The Balaban J connectivity index is 1.67. The fraction of sp³-hybridized carbons (Fsp3) is 0.125. The van der Waals surface area contributed by atoms with Gasteiger partial charge >= 0.3 is 0 Å². The highest BCUT2D eigenvalue weighted by atomic mass is 15.1. The van der Waals surface area contributed by atoms with Crippen LogP contribution in [-0.4, -0.2) is 15.2 Å². The first-order valence-electron chi connectivity index (χ1n) is 6.56. The first-order chi connectivity index (χ1) is 9.81. The molecule has 0 bridgehead atoms. The summed E-state index contributed by atoms with van der Waals surface area (Å²) in [7, 11) is 0. The molecule has 2 aromatic heterocycles. The second kappa shape index (κ2) is 5.57. The number of hydrogen-bond acceptors (Lipinski definition) is 3. The predicted octanol–water partition coefficient (Wildman–Crippen LogP) is 3.39. The van der Waals surface area contributed by atoms with Crippen LogP contribution in [0.4, 0.5) is 5.82 Å². The van der Waals surface area contributed by atoms with Gasteiger partial charge in [-0.05, 0) is 41.8 Å². The van der Waals surface area contributed by atoms with Crippen LogP contribution in [0.25, 0.3) is 11.3 Å². The number of aromatic nitrogens is 3. The number of anilines is 1. The van der Waals surface area contributed by atoms with Gasteiger partial charge in [-0.3, -0.25) is 5.10 Å². The highest BCUT2D eigenvalue weighted by molar-refractivity contribution is 5.58. The summed E-state index contributed by atoms with van der Waals surface area (Å²) in [6.07, 6.45) is 3.58. The van der Waals surface area contributed by atoms with Crippen molar-refractivity contribution >= 4 is 5.82 Å². The average Bonchev–Trinajstić information content (AvgIpc) is 3.00. The summed E-state index contributed by atoms with van der Waals surface area (Å²) in [6.45, 7) is 2.83. The molecule has 0 fully saturated rings. The number of aromatic amines is 1. The number of benzene rings is 1. The standard InChI is InChI=1S/C16H16N4/c1-12-6-8-17-16(10-12)18-11-13-2-4-14(5-3-13)15-7-9-19-20-15/h2-10H,11H2,1H3,(H,17,18)(H,19,20). The molecule has 0 unspecified atom stereocenters. The van der Waals surface area contributed by atoms with Crippen molar-refractivity contribution in [2.24, 2.45) is 0 Å². The molecule has 1 aromatic carbocycles. The van der Waals surface area contributed by atoms with Gasteiger partial charge < -0.3 is 5.32 Å². The van der Waals surface area contributed by atoms with E-state index in [0.717, 1.165) is 23.6 Å². The summed E-state index contributed by atoms with van der Waals surface area (Å²) in [5.74, 6) is 0.905. The molecule has 100 valence electrons. The van der Waals surface area contributed by atoms with E-state index in [1.807, 2.05) is 24.4 Å². The highest BCUT2D eigenvalue weighted by Gasteiger charge is 1.99. The second-order valence-electron chi connectivity index (χ2n) is 4.74. The van der Waals surface area contributed by atoms with Gasteiger partial charge in [-0.2, -0.15) is 5.10 Å². The molecule has 4 nitrogen and oxygen atoms in total. The fourth-order valence-electron chi connectivity index (χ4n) is 2.04. The minimum atomic E-state index is 0.764. The van der Waals surface area contributed by atoms with Gasteiger partial charge in [-0.15, -0.1) is 0 Å². The van der Waals surface area contributed by atoms with E-state index in [1.165, 1.54) is 11.1 Å². The molecule has 2 heterocycles. The molecule has 0 atom stereocenters. The molecular formula is C16H16N4. The third-order valence-corrected chi connectivity index (χ3v) is 3.15. The van der Waals surface area contributed by atoms with Gasteiger partial charge in [-0.25, -0.2) is 4.98 Å². The van der Waals surface area contributed by atoms with Crippen LogP contribution in [0.15, 0.2) is 54.9 Å². The molecule has 4 heteroatoms. The van der Waals surface area contributed by atoms with Crippen LogP contribution in [0.1, 0.15) is 11.1 Å². The summed E-state index contributed by atoms with van der Waals surface area (Å²) in [5, 5.41) is 10.2. The molecule has 0 aliphatic carbocycles. The molecule has 3 rings (SSSR count). The van der Waals surface area contributed by atoms with Crippen molar-refractivity contribution in [3.8, 4) is 11.3 Å². The second-order valence-corrected chi connectivity index (χ2v) is 4.74. The lowest BCUT2D eigenvalue weighted by atomic mass is 10.1. The molecule has 3 aromatic rings. The Hall–Kier alpha value is -2.62. The van der Waals surface area contributed by atoms with Gasteiger partial charge in [0.2, 0.25) is 0 Å². The molecule has 20 heavy (non-hydrogen) atoms. The number of nitrogens with one attached hydrogen (secondary N) is 2. The number of nitrogens with zero attached hydrogens (tertiary/aromatic N) is 2. The van der Waals surface area contributed by atoms with Gasteiger partial charge in [-0.1, -0.05) is 24.3 Å². The zero-order valence-corrected chi connectivity index (χ0v) is 11.3. The summed E-state index contributed by atoms with van der Waals surface area (Å²) >= 11 is 0. The van der Waals surface area contributed by atoms with Gasteiger partial charge in [0.25, 0.3) is 0 Å². The van der Waals surface area contributed by atoms with Crippen molar-refractivity contribution in [1.82, 2.24) is 15.2 Å². The Bertz CT molecular complexity index is 672. The van der Waals surface area contributed by atoms with Crippen LogP contribution < -0.4 is 5.32 Å². The van der Waals surface area contributed by atoms with E-state index in [1.54, 1.807) is 6.20 Å². The van der Waals surface area contributed by atoms with Gasteiger partial charge in [0, 0.05) is 18.9 Å². The van der Waals surface area contributed by atoms with Gasteiger partial charge in [0.1, 0.15) is 5.82 Å². The fourth-order valence-corrected chi connectivity index (χ4v) is 2.04. The normalized spacial score (nSPS) is 10.4. The zero-order chi connectivity index (χ0) is 13.8. The van der Waals surface area contributed by atoms with Crippen molar-refractivity contribution in [3.63, 3.8) is 0 Å². The maximum Gasteiger partial charge on any atom is 0.126 e. The van der Waals surface area contributed by atoms with Crippen molar-refractivity contribution in [2.45, 2.75) is 13.5 Å². The molecule has 0 amide bonds. The Labute approximate surface area is 117 Å². The SMILES string of the molecule is Cc1ccnc(NCc2ccc(-c3ccn[nH]3)cc2)c1. The van der Waals surface area contributed by atoms with Crippen molar-refractivity contribution in [3.05, 3.63) is 66.0 Å². The van der Waals surface area contributed by atoms with E-state index in [0.29, 0.717) is 0 Å². The lowest BCUT2D eigenvalue weighted by Crippen LogP contribution is -2.01. The smallest absolute Gasteiger partial charge is 0.126 e. The van der Waals surface area contributed by atoms with Crippen LogP contribution >= 0.6 is 0 Å². The van der Waals surface area contributed by atoms with Crippen LogP contribution in [-0.2, 0) is 6.54 Å². The highest BCUT2D eigenvalue weighted by Crippen LogP contribution is 2.17. The zero-order valence-electron chi connectivity index (χ0n) is 11.3. The molecular weight excluding hydrogens is 248 g/mol. The van der Waals surface area contributed by atoms with E-state index in [2.05, 4.69) is 51.7 Å². The van der Waals surface area contributed by atoms with Crippen LogP contribution in [0.5, 0.6) is 0 Å². The first kappa shape index (κ1) is 12.4. The molecule has 0 radical (unpaired) electrons. The molecule has 0 saturated carbocycles. The van der Waals surface area contributed by atoms with Crippen LogP contribution in [0.3, 0.4) is 0 Å². The summed E-state index contributed by atoms with van der Waals surface area (Å²) in [5.41, 5.74) is 4.60. The van der Waals surface area contributed by atoms with Crippen LogP contribution in [0, 0.1) is 6.92 Å². The number of hydrogen-bond donors (Lipinski definition) is 2. The quantitative estimate of drug-likeness (QED) is 0.759. The molecule has 0 aliphatic rings. The first-order valence-corrected chi connectivity index (χ1v) is 6.56. The van der Waals surface area contributed by atoms with E-state index in [4.69, 9.17) is 0 Å². The third kappa shape index (κ3) is 2.85. The molecule has 2 N–H and O–H groups in total. The van der Waals surface area contributed by atoms with Crippen LogP contribution in [0.2, 0.25) is 0 Å². The maximum atomic E-state index is 4.29. The monoisotopic (exact) mass is 264 g/mol. The Morgan fingerprint density at radius 1 is 1.05 bits per heavy atom. The minimum Gasteiger partial charge on any atom is -0.366 e. The topological polar surface area (TPSA) is 53.6 Å². The lowest BCUT2D eigenvalue weighted by Gasteiger charge is -2.07. The minimum absolute atomic E-state index is 0.764. The molecule has 0 spiro atoms. The Morgan fingerprint density at radius 3 is 2.60 bits per heavy atom. The van der Waals surface area contributed by atoms with Crippen molar-refractivity contribution < 1.29 is 0 Å². The largest absolute Gasteiger partial charge is 0.366 e. The predicted molar refractivity (Wildman–Crippen MR) is 80.3 cm³/mol. The number of aryl methyl sites for hydroxylation is 1.